The van der Waals surface area contributed by atoms with Crippen molar-refractivity contribution in [2.75, 3.05) is 20.3 Å². The fourth-order valence-electron chi connectivity index (χ4n) is 4.37. The molecule has 4 rings (SSSR count). The number of benzene rings is 3. The number of hydrazone groups is 1. The van der Waals surface area contributed by atoms with Gasteiger partial charge in [0.2, 0.25) is 0 Å². The minimum Gasteiger partial charge on any atom is -0.490 e. The first-order valence-electron chi connectivity index (χ1n) is 13.9. The number of aliphatic hydroxyl groups is 1. The van der Waals surface area contributed by atoms with E-state index in [1.807, 2.05) is 31.2 Å². The monoisotopic (exact) mass is 677 g/mol. The lowest BCUT2D eigenvalue weighted by atomic mass is 9.95. The molecule has 3 aromatic carbocycles. The molecule has 0 aromatic heterocycles. The summed E-state index contributed by atoms with van der Waals surface area (Å²) in [6, 6.07) is 18.5. The number of halogens is 1. The summed E-state index contributed by atoms with van der Waals surface area (Å²) in [5.41, 5.74) is 6.14. The number of nitrogens with zero attached hydrogens (tertiary/aromatic N) is 2. The van der Waals surface area contributed by atoms with Gasteiger partial charge in [0.05, 0.1) is 47.7 Å². The largest absolute Gasteiger partial charge is 0.490 e. The van der Waals surface area contributed by atoms with Gasteiger partial charge in [0, 0.05) is 5.70 Å². The Balaban J connectivity index is 1.34. The van der Waals surface area contributed by atoms with Crippen LogP contribution in [0.25, 0.3) is 0 Å². The molecule has 1 heterocycles. The van der Waals surface area contributed by atoms with Crippen LogP contribution < -0.4 is 30.3 Å². The average molecular weight is 679 g/mol. The quantitative estimate of drug-likeness (QED) is 0.0887. The summed E-state index contributed by atoms with van der Waals surface area (Å²) in [6.45, 7) is 3.96. The SMILES string of the molecule is CCOc1cc([C@@H]2NC(=O)NC(C)=C2C(=O)OC)ccc1OC[C@@H](O)N/N=C/c1ccc(OCc2ccc(C#N)cc2)c(Br)c1. The van der Waals surface area contributed by atoms with E-state index in [0.29, 0.717) is 47.3 Å². The van der Waals surface area contributed by atoms with E-state index in [0.717, 1.165) is 15.6 Å². The van der Waals surface area contributed by atoms with Gasteiger partial charge >= 0.3 is 12.0 Å². The number of esters is 1. The third-order valence-corrected chi connectivity index (χ3v) is 7.16. The van der Waals surface area contributed by atoms with Gasteiger partial charge in [-0.15, -0.1) is 0 Å². The van der Waals surface area contributed by atoms with Crippen LogP contribution in [0.15, 0.2) is 81.5 Å². The second-order valence-electron chi connectivity index (χ2n) is 9.70. The Labute approximate surface area is 268 Å². The van der Waals surface area contributed by atoms with Crippen LogP contribution in [-0.4, -0.2) is 49.9 Å². The maximum Gasteiger partial charge on any atom is 0.337 e. The molecule has 0 saturated heterocycles. The Hall–Kier alpha value is -5.06. The second kappa shape index (κ2) is 15.6. The van der Waals surface area contributed by atoms with E-state index in [1.165, 1.54) is 7.11 Å². The number of allylic oxidation sites excluding steroid dienone is 1. The summed E-state index contributed by atoms with van der Waals surface area (Å²) in [4.78, 5) is 24.6. The fourth-order valence-corrected chi connectivity index (χ4v) is 4.88. The number of carbonyl (C=O) groups is 2. The number of hydrogen-bond donors (Lipinski definition) is 4. The van der Waals surface area contributed by atoms with Crippen molar-refractivity contribution in [1.82, 2.24) is 16.1 Å². The lowest BCUT2D eigenvalue weighted by Gasteiger charge is -2.28. The van der Waals surface area contributed by atoms with Crippen molar-refractivity contribution in [3.63, 3.8) is 0 Å². The predicted octanol–water partition coefficient (Wildman–Crippen LogP) is 4.42. The van der Waals surface area contributed by atoms with Gasteiger partial charge in [0.15, 0.2) is 17.7 Å². The molecule has 234 valence electrons. The highest BCUT2D eigenvalue weighted by molar-refractivity contribution is 9.10. The minimum atomic E-state index is -1.14. The highest BCUT2D eigenvalue weighted by atomic mass is 79.9. The van der Waals surface area contributed by atoms with Crippen LogP contribution in [-0.2, 0) is 16.1 Å². The number of rotatable bonds is 13. The molecule has 12 nitrogen and oxygen atoms in total. The van der Waals surface area contributed by atoms with Crippen LogP contribution in [0.3, 0.4) is 0 Å². The molecule has 1 aliphatic rings. The number of aliphatic hydroxyl groups excluding tert-OH is 1. The summed E-state index contributed by atoms with van der Waals surface area (Å²) in [5, 5.41) is 28.8. The highest BCUT2D eigenvalue weighted by Gasteiger charge is 2.32. The molecule has 0 saturated carbocycles. The summed E-state index contributed by atoms with van der Waals surface area (Å²) >= 11 is 3.50. The first-order valence-corrected chi connectivity index (χ1v) is 14.7. The predicted molar refractivity (Wildman–Crippen MR) is 169 cm³/mol. The van der Waals surface area contributed by atoms with Crippen molar-refractivity contribution >= 4 is 34.1 Å². The Morgan fingerprint density at radius 3 is 2.56 bits per heavy atom. The highest BCUT2D eigenvalue weighted by Crippen LogP contribution is 2.35. The first kappa shape index (κ1) is 32.8. The zero-order valence-corrected chi connectivity index (χ0v) is 26.4. The van der Waals surface area contributed by atoms with E-state index >= 15 is 0 Å². The summed E-state index contributed by atoms with van der Waals surface area (Å²) in [6.07, 6.45) is 0.398. The second-order valence-corrected chi connectivity index (χ2v) is 10.6. The molecule has 2 amide bonds. The maximum absolute atomic E-state index is 12.4. The van der Waals surface area contributed by atoms with Crippen LogP contribution in [0.5, 0.6) is 17.2 Å². The number of hydrogen-bond acceptors (Lipinski definition) is 10. The molecule has 0 aliphatic carbocycles. The molecule has 2 atom stereocenters. The van der Waals surface area contributed by atoms with Gasteiger partial charge < -0.3 is 34.7 Å². The van der Waals surface area contributed by atoms with E-state index in [2.05, 4.69) is 43.2 Å². The van der Waals surface area contributed by atoms with Gasteiger partial charge in [-0.2, -0.15) is 10.4 Å². The molecule has 1 aliphatic heterocycles. The van der Waals surface area contributed by atoms with Crippen LogP contribution in [0.1, 0.15) is 42.1 Å². The minimum absolute atomic E-state index is 0.154. The van der Waals surface area contributed by atoms with Gasteiger partial charge in [-0.3, -0.25) is 5.43 Å². The Bertz CT molecular complexity index is 1640. The average Bonchev–Trinajstić information content (AvgIpc) is 3.03. The van der Waals surface area contributed by atoms with Crippen LogP contribution in [0.4, 0.5) is 4.79 Å². The molecule has 3 aromatic rings. The number of urea groups is 1. The van der Waals surface area contributed by atoms with Gasteiger partial charge in [-0.25, -0.2) is 9.59 Å². The Morgan fingerprint density at radius 2 is 1.87 bits per heavy atom. The lowest BCUT2D eigenvalue weighted by Crippen LogP contribution is -2.45. The van der Waals surface area contributed by atoms with Crippen LogP contribution in [0.2, 0.25) is 0 Å². The molecule has 4 N–H and O–H groups in total. The third kappa shape index (κ3) is 8.75. The summed E-state index contributed by atoms with van der Waals surface area (Å²) < 4.78 is 23.0. The van der Waals surface area contributed by atoms with E-state index in [4.69, 9.17) is 24.2 Å². The number of carbonyl (C=O) groups excluding carboxylic acids is 2. The molecule has 0 spiro atoms. The normalized spacial score (nSPS) is 15.0. The molecule has 0 fully saturated rings. The lowest BCUT2D eigenvalue weighted by molar-refractivity contribution is -0.136. The van der Waals surface area contributed by atoms with Crippen molar-refractivity contribution < 1.29 is 33.6 Å². The molecule has 0 radical (unpaired) electrons. The fraction of sp³-hybridized carbons (Fsp3) is 0.250. The Kier molecular flexibility index (Phi) is 11.4. The van der Waals surface area contributed by atoms with E-state index < -0.39 is 24.3 Å². The topological polar surface area (TPSA) is 164 Å². The van der Waals surface area contributed by atoms with Crippen molar-refractivity contribution in [3.05, 3.63) is 98.7 Å². The molecule has 45 heavy (non-hydrogen) atoms. The van der Waals surface area contributed by atoms with Crippen molar-refractivity contribution in [1.29, 1.82) is 5.26 Å². The summed E-state index contributed by atoms with van der Waals surface area (Å²) in [5.74, 6) is 0.789. The van der Waals surface area contributed by atoms with Crippen LogP contribution in [0, 0.1) is 11.3 Å². The number of nitriles is 1. The van der Waals surface area contributed by atoms with Crippen molar-refractivity contribution in [2.24, 2.45) is 5.10 Å². The molecule has 13 heteroatoms. The zero-order valence-electron chi connectivity index (χ0n) is 24.8. The smallest absolute Gasteiger partial charge is 0.337 e. The number of methoxy groups -OCH3 is 1. The van der Waals surface area contributed by atoms with E-state index in [1.54, 1.807) is 49.5 Å². The standard InChI is InChI=1S/C32H32BrN5O7/c1-4-43-27-14-23(30-29(31(40)42-3)19(2)36-32(41)37-30)10-12-26(27)45-18-28(39)38-35-16-22-9-11-25(24(33)13-22)44-17-21-7-5-20(15-34)6-8-21/h5-14,16,28,30,38-39H,4,17-18H2,1-3H3,(H2,36,37,41)/b35-16+/t28-,30+/m1/s1. The molecular weight excluding hydrogens is 646 g/mol. The van der Waals surface area contributed by atoms with Gasteiger partial charge in [-0.05, 0) is 88.9 Å². The molecule has 0 unspecified atom stereocenters. The van der Waals surface area contributed by atoms with E-state index in [9.17, 15) is 14.7 Å². The van der Waals surface area contributed by atoms with Gasteiger partial charge in [0.1, 0.15) is 19.0 Å². The van der Waals surface area contributed by atoms with Crippen LogP contribution >= 0.6 is 15.9 Å². The number of nitrogens with one attached hydrogen (secondary N) is 3. The van der Waals surface area contributed by atoms with E-state index in [-0.39, 0.29) is 12.2 Å². The summed E-state index contributed by atoms with van der Waals surface area (Å²) in [7, 11) is 1.27. The molecular formula is C32H32BrN5O7. The number of amides is 2. The maximum atomic E-state index is 12.4. The van der Waals surface area contributed by atoms with Gasteiger partial charge in [0.25, 0.3) is 0 Å². The van der Waals surface area contributed by atoms with Crippen molar-refractivity contribution in [3.8, 4) is 23.3 Å². The Morgan fingerprint density at radius 1 is 1.11 bits per heavy atom. The van der Waals surface area contributed by atoms with Crippen molar-refractivity contribution in [2.45, 2.75) is 32.7 Å². The zero-order chi connectivity index (χ0) is 32.3. The third-order valence-electron chi connectivity index (χ3n) is 6.54. The van der Waals surface area contributed by atoms with Gasteiger partial charge in [-0.1, -0.05) is 18.2 Å². The first-order chi connectivity index (χ1) is 21.7. The number of ether oxygens (including phenoxy) is 4. The molecule has 0 bridgehead atoms.